The number of rotatable bonds is 8. The number of carbonyl (C=O) groups excluding carboxylic acids is 1. The first-order valence-electron chi connectivity index (χ1n) is 9.59. The zero-order chi connectivity index (χ0) is 20.3. The second kappa shape index (κ2) is 8.61. The molecule has 1 aromatic heterocycles. The van der Waals surface area contributed by atoms with Crippen LogP contribution < -0.4 is 0 Å². The Balaban J connectivity index is 2.11. The second-order valence-electron chi connectivity index (χ2n) is 7.07. The maximum absolute atomic E-state index is 13.4. The molecule has 0 unspecified atom stereocenters. The highest BCUT2D eigenvalue weighted by Gasteiger charge is 2.23. The Hall–Kier alpha value is -2.59. The third kappa shape index (κ3) is 3.97. The SMILES string of the molecule is CCCCCCc1c(C(=O)c2cccc(C(=O)O)c2)c2cc(Cl)ccc2n1C. The van der Waals surface area contributed by atoms with Gasteiger partial charge in [-0.1, -0.05) is 49.9 Å². The molecular formula is C23H24ClNO3. The third-order valence-electron chi connectivity index (χ3n) is 5.15. The normalized spacial score (nSPS) is 11.1. The van der Waals surface area contributed by atoms with E-state index in [0.717, 1.165) is 42.3 Å². The van der Waals surface area contributed by atoms with Crippen molar-refractivity contribution < 1.29 is 14.7 Å². The van der Waals surface area contributed by atoms with Crippen molar-refractivity contribution >= 4 is 34.3 Å². The van der Waals surface area contributed by atoms with E-state index in [0.29, 0.717) is 16.1 Å². The Morgan fingerprint density at radius 2 is 1.79 bits per heavy atom. The van der Waals surface area contributed by atoms with Gasteiger partial charge < -0.3 is 9.67 Å². The van der Waals surface area contributed by atoms with Gasteiger partial charge in [0.25, 0.3) is 0 Å². The Labute approximate surface area is 169 Å². The summed E-state index contributed by atoms with van der Waals surface area (Å²) < 4.78 is 2.06. The van der Waals surface area contributed by atoms with Crippen LogP contribution >= 0.6 is 11.6 Å². The summed E-state index contributed by atoms with van der Waals surface area (Å²) in [5.74, 6) is -1.21. The van der Waals surface area contributed by atoms with Crippen molar-refractivity contribution in [3.63, 3.8) is 0 Å². The van der Waals surface area contributed by atoms with Gasteiger partial charge in [0.15, 0.2) is 5.78 Å². The number of carbonyl (C=O) groups is 2. The van der Waals surface area contributed by atoms with Gasteiger partial charge in [-0.3, -0.25) is 4.79 Å². The maximum Gasteiger partial charge on any atom is 0.335 e. The quantitative estimate of drug-likeness (QED) is 0.381. The predicted octanol–water partition coefficient (Wildman–Crippen LogP) is 5.88. The van der Waals surface area contributed by atoms with E-state index in [1.54, 1.807) is 12.1 Å². The molecule has 5 heteroatoms. The molecule has 0 aliphatic heterocycles. The van der Waals surface area contributed by atoms with Crippen LogP contribution in [0.1, 0.15) is 64.6 Å². The first kappa shape index (κ1) is 20.2. The average molecular weight is 398 g/mol. The van der Waals surface area contributed by atoms with Gasteiger partial charge in [0.05, 0.1) is 11.1 Å². The van der Waals surface area contributed by atoms with Crippen LogP contribution in [0.3, 0.4) is 0 Å². The third-order valence-corrected chi connectivity index (χ3v) is 5.38. The zero-order valence-electron chi connectivity index (χ0n) is 16.2. The highest BCUT2D eigenvalue weighted by atomic mass is 35.5. The monoisotopic (exact) mass is 397 g/mol. The molecule has 0 aliphatic carbocycles. The number of hydrogen-bond donors (Lipinski definition) is 1. The molecule has 3 rings (SSSR count). The fourth-order valence-corrected chi connectivity index (χ4v) is 3.84. The highest BCUT2D eigenvalue weighted by Crippen LogP contribution is 2.31. The van der Waals surface area contributed by atoms with Crippen LogP contribution in [0.4, 0.5) is 0 Å². The molecule has 4 nitrogen and oxygen atoms in total. The number of carboxylic acid groups (broad SMARTS) is 1. The summed E-state index contributed by atoms with van der Waals surface area (Å²) in [6.45, 7) is 2.17. The largest absolute Gasteiger partial charge is 0.478 e. The topological polar surface area (TPSA) is 59.3 Å². The Kier molecular flexibility index (Phi) is 6.20. The molecule has 0 amide bonds. The van der Waals surface area contributed by atoms with Gasteiger partial charge in [-0.05, 0) is 43.2 Å². The van der Waals surface area contributed by atoms with Gasteiger partial charge in [-0.2, -0.15) is 0 Å². The standard InChI is InChI=1S/C23H24ClNO3/c1-3-4-5-6-10-20-21(18-14-17(24)11-12-19(18)25(20)2)22(26)15-8-7-9-16(13-15)23(27)28/h7-9,11-14H,3-6,10H2,1-2H3,(H,27,28). The number of nitrogens with zero attached hydrogens (tertiary/aromatic N) is 1. The van der Waals surface area contributed by atoms with Crippen molar-refractivity contribution in [2.24, 2.45) is 7.05 Å². The summed E-state index contributed by atoms with van der Waals surface area (Å²) in [4.78, 5) is 24.7. The fraction of sp³-hybridized carbons (Fsp3) is 0.304. The summed E-state index contributed by atoms with van der Waals surface area (Å²) >= 11 is 6.22. The minimum absolute atomic E-state index is 0.105. The Morgan fingerprint density at radius 1 is 1.04 bits per heavy atom. The van der Waals surface area contributed by atoms with Gasteiger partial charge in [-0.25, -0.2) is 4.79 Å². The lowest BCUT2D eigenvalue weighted by molar-refractivity contribution is 0.0697. The van der Waals surface area contributed by atoms with E-state index >= 15 is 0 Å². The van der Waals surface area contributed by atoms with E-state index < -0.39 is 5.97 Å². The second-order valence-corrected chi connectivity index (χ2v) is 7.50. The molecule has 3 aromatic rings. The number of unbranched alkanes of at least 4 members (excludes halogenated alkanes) is 3. The van der Waals surface area contributed by atoms with Crippen LogP contribution in [0, 0.1) is 0 Å². The summed E-state index contributed by atoms with van der Waals surface area (Å²) in [6.07, 6.45) is 5.22. The molecule has 0 saturated carbocycles. The molecule has 0 bridgehead atoms. The van der Waals surface area contributed by atoms with Crippen molar-refractivity contribution in [2.45, 2.75) is 39.0 Å². The van der Waals surface area contributed by atoms with Crippen LogP contribution in [0.25, 0.3) is 10.9 Å². The molecule has 0 atom stereocenters. The van der Waals surface area contributed by atoms with Gasteiger partial charge in [0.1, 0.15) is 0 Å². The number of halogens is 1. The van der Waals surface area contributed by atoms with Gasteiger partial charge in [0.2, 0.25) is 0 Å². The molecule has 0 fully saturated rings. The Bertz CT molecular complexity index is 1040. The van der Waals surface area contributed by atoms with Crippen molar-refractivity contribution in [1.82, 2.24) is 4.57 Å². The van der Waals surface area contributed by atoms with E-state index in [9.17, 15) is 14.7 Å². The van der Waals surface area contributed by atoms with Gasteiger partial charge >= 0.3 is 5.97 Å². The van der Waals surface area contributed by atoms with E-state index in [1.807, 2.05) is 25.2 Å². The fourth-order valence-electron chi connectivity index (χ4n) is 3.67. The number of fused-ring (bicyclic) bond motifs is 1. The molecule has 0 aliphatic rings. The Morgan fingerprint density at radius 3 is 2.50 bits per heavy atom. The smallest absolute Gasteiger partial charge is 0.335 e. The molecule has 1 heterocycles. The van der Waals surface area contributed by atoms with Crippen molar-refractivity contribution in [2.75, 3.05) is 0 Å². The number of benzene rings is 2. The first-order valence-corrected chi connectivity index (χ1v) is 9.96. The van der Waals surface area contributed by atoms with E-state index in [-0.39, 0.29) is 11.3 Å². The molecule has 0 saturated heterocycles. The van der Waals surface area contributed by atoms with Crippen LogP contribution in [0.5, 0.6) is 0 Å². The van der Waals surface area contributed by atoms with Crippen LogP contribution in [0.2, 0.25) is 5.02 Å². The molecule has 146 valence electrons. The van der Waals surface area contributed by atoms with Crippen molar-refractivity contribution in [1.29, 1.82) is 0 Å². The van der Waals surface area contributed by atoms with Gasteiger partial charge in [0, 0.05) is 34.2 Å². The molecule has 0 radical (unpaired) electrons. The van der Waals surface area contributed by atoms with E-state index in [1.165, 1.54) is 18.6 Å². The van der Waals surface area contributed by atoms with Crippen LogP contribution in [-0.4, -0.2) is 21.4 Å². The minimum Gasteiger partial charge on any atom is -0.478 e. The number of ketones is 1. The number of hydrogen-bond acceptors (Lipinski definition) is 2. The van der Waals surface area contributed by atoms with E-state index in [4.69, 9.17) is 11.6 Å². The molecule has 1 N–H and O–H groups in total. The summed E-state index contributed by atoms with van der Waals surface area (Å²) in [6, 6.07) is 11.8. The molecule has 0 spiro atoms. The van der Waals surface area contributed by atoms with Gasteiger partial charge in [-0.15, -0.1) is 0 Å². The highest BCUT2D eigenvalue weighted by molar-refractivity contribution is 6.31. The number of aromatic carboxylic acids is 1. The summed E-state index contributed by atoms with van der Waals surface area (Å²) in [5.41, 5.74) is 3.03. The average Bonchev–Trinajstić information content (AvgIpc) is 2.95. The van der Waals surface area contributed by atoms with Crippen molar-refractivity contribution in [3.05, 3.63) is 69.9 Å². The van der Waals surface area contributed by atoms with Crippen LogP contribution in [-0.2, 0) is 13.5 Å². The lowest BCUT2D eigenvalue weighted by Crippen LogP contribution is -2.08. The number of aryl methyl sites for hydroxylation is 1. The zero-order valence-corrected chi connectivity index (χ0v) is 16.9. The molecule has 28 heavy (non-hydrogen) atoms. The first-order chi connectivity index (χ1) is 13.4. The molecule has 2 aromatic carbocycles. The summed E-state index contributed by atoms with van der Waals surface area (Å²) in [7, 11) is 1.97. The lowest BCUT2D eigenvalue weighted by atomic mass is 9.96. The maximum atomic E-state index is 13.4. The lowest BCUT2D eigenvalue weighted by Gasteiger charge is -2.08. The van der Waals surface area contributed by atoms with Crippen LogP contribution in [0.15, 0.2) is 42.5 Å². The van der Waals surface area contributed by atoms with E-state index in [2.05, 4.69) is 11.5 Å². The summed E-state index contributed by atoms with van der Waals surface area (Å²) in [5, 5.41) is 10.6. The minimum atomic E-state index is -1.05. The number of aromatic nitrogens is 1. The predicted molar refractivity (Wildman–Crippen MR) is 113 cm³/mol. The number of carboxylic acids is 1. The van der Waals surface area contributed by atoms with Crippen molar-refractivity contribution in [3.8, 4) is 0 Å². The molecular weight excluding hydrogens is 374 g/mol.